The van der Waals surface area contributed by atoms with Gasteiger partial charge in [-0.15, -0.1) is 12.4 Å². The summed E-state index contributed by atoms with van der Waals surface area (Å²) in [6, 6.07) is 23.1. The quantitative estimate of drug-likeness (QED) is 0.278. The lowest BCUT2D eigenvalue weighted by Crippen LogP contribution is -2.30. The van der Waals surface area contributed by atoms with Crippen molar-refractivity contribution in [2.45, 2.75) is 50.7 Å². The fourth-order valence-electron chi connectivity index (χ4n) is 4.70. The summed E-state index contributed by atoms with van der Waals surface area (Å²) >= 11 is 0. The van der Waals surface area contributed by atoms with Gasteiger partial charge in [0.2, 0.25) is 10.0 Å². The molecule has 7 nitrogen and oxygen atoms in total. The Morgan fingerprint density at radius 2 is 1.64 bits per heavy atom. The zero-order valence-electron chi connectivity index (χ0n) is 22.1. The molecule has 0 heterocycles. The molecule has 0 radical (unpaired) electrons. The van der Waals surface area contributed by atoms with E-state index in [0.717, 1.165) is 61.6 Å². The van der Waals surface area contributed by atoms with Crippen molar-refractivity contribution in [3.05, 3.63) is 89.5 Å². The number of halogens is 1. The molecule has 0 unspecified atom stereocenters. The smallest absolute Gasteiger partial charge is 0.268 e. The number of aliphatic hydroxyl groups excluding tert-OH is 1. The molecule has 39 heavy (non-hydrogen) atoms. The molecule has 0 saturated heterocycles. The molecule has 9 heteroatoms. The third-order valence-electron chi connectivity index (χ3n) is 6.75. The normalized spacial score (nSPS) is 14.7. The summed E-state index contributed by atoms with van der Waals surface area (Å²) < 4.78 is 31.6. The molecular formula is C30H37ClN2O5S. The Kier molecular flexibility index (Phi) is 11.4. The number of hydrogen-bond donors (Lipinski definition) is 3. The van der Waals surface area contributed by atoms with E-state index in [0.29, 0.717) is 12.3 Å². The summed E-state index contributed by atoms with van der Waals surface area (Å²) in [5.74, 6) is -0.286. The first-order valence-corrected chi connectivity index (χ1v) is 15.0. The lowest BCUT2D eigenvalue weighted by molar-refractivity contribution is 0.0969. The Bertz CT molecular complexity index is 1310. The average molecular weight is 573 g/mol. The van der Waals surface area contributed by atoms with Crippen molar-refractivity contribution in [2.75, 3.05) is 19.3 Å². The highest BCUT2D eigenvalue weighted by Gasteiger charge is 2.21. The molecule has 210 valence electrons. The van der Waals surface area contributed by atoms with Gasteiger partial charge >= 0.3 is 0 Å². The fraction of sp³-hybridized carbons (Fsp3) is 0.367. The Hall–Kier alpha value is -2.91. The van der Waals surface area contributed by atoms with E-state index in [1.807, 2.05) is 54.6 Å². The monoisotopic (exact) mass is 572 g/mol. The largest absolute Gasteiger partial charge is 0.490 e. The van der Waals surface area contributed by atoms with Gasteiger partial charge in [0.25, 0.3) is 5.91 Å². The van der Waals surface area contributed by atoms with Gasteiger partial charge in [0.05, 0.1) is 24.0 Å². The van der Waals surface area contributed by atoms with E-state index in [1.165, 1.54) is 12.0 Å². The maximum Gasteiger partial charge on any atom is 0.268 e. The van der Waals surface area contributed by atoms with Crippen molar-refractivity contribution in [1.29, 1.82) is 0 Å². The van der Waals surface area contributed by atoms with E-state index < -0.39 is 22.0 Å². The van der Waals surface area contributed by atoms with Gasteiger partial charge in [0.15, 0.2) is 0 Å². The Morgan fingerprint density at radius 3 is 2.31 bits per heavy atom. The predicted octanol–water partition coefficient (Wildman–Crippen LogP) is 5.04. The van der Waals surface area contributed by atoms with Crippen molar-refractivity contribution in [1.82, 2.24) is 10.0 Å². The summed E-state index contributed by atoms with van der Waals surface area (Å²) in [6.45, 7) is 1.23. The van der Waals surface area contributed by atoms with Crippen LogP contribution in [-0.4, -0.2) is 44.9 Å². The molecule has 0 aliphatic heterocycles. The number of sulfonamides is 1. The highest BCUT2D eigenvalue weighted by atomic mass is 35.5. The third kappa shape index (κ3) is 9.35. The molecular weight excluding hydrogens is 536 g/mol. The zero-order chi connectivity index (χ0) is 27.0. The van der Waals surface area contributed by atoms with Gasteiger partial charge in [0, 0.05) is 6.54 Å². The molecule has 4 rings (SSSR count). The lowest BCUT2D eigenvalue weighted by atomic mass is 9.97. The highest BCUT2D eigenvalue weighted by Crippen LogP contribution is 2.31. The van der Waals surface area contributed by atoms with Gasteiger partial charge < -0.3 is 15.2 Å². The first-order chi connectivity index (χ1) is 18.3. The maximum atomic E-state index is 12.7. The van der Waals surface area contributed by atoms with Gasteiger partial charge in [-0.05, 0) is 73.0 Å². The molecule has 1 fully saturated rings. The molecule has 1 atom stereocenters. The van der Waals surface area contributed by atoms with Crippen molar-refractivity contribution in [2.24, 2.45) is 0 Å². The van der Waals surface area contributed by atoms with E-state index >= 15 is 0 Å². The van der Waals surface area contributed by atoms with Crippen LogP contribution in [-0.2, 0) is 16.4 Å². The summed E-state index contributed by atoms with van der Waals surface area (Å²) in [6.07, 6.45) is 6.44. The molecule has 3 aromatic rings. The first kappa shape index (κ1) is 30.6. The predicted molar refractivity (Wildman–Crippen MR) is 157 cm³/mol. The average Bonchev–Trinajstić information content (AvgIpc) is 2.91. The van der Waals surface area contributed by atoms with Crippen LogP contribution in [0.4, 0.5) is 0 Å². The van der Waals surface area contributed by atoms with E-state index in [-0.39, 0.29) is 24.1 Å². The van der Waals surface area contributed by atoms with Crippen molar-refractivity contribution >= 4 is 28.3 Å². The van der Waals surface area contributed by atoms with E-state index in [9.17, 15) is 18.3 Å². The fourth-order valence-corrected chi connectivity index (χ4v) is 5.15. The second kappa shape index (κ2) is 14.5. The van der Waals surface area contributed by atoms with E-state index in [4.69, 9.17) is 4.74 Å². The van der Waals surface area contributed by atoms with Crippen LogP contribution in [0, 0.1) is 0 Å². The number of carbonyl (C=O) groups is 1. The maximum absolute atomic E-state index is 12.7. The number of aliphatic hydroxyl groups is 1. The van der Waals surface area contributed by atoms with Crippen molar-refractivity contribution < 1.29 is 23.1 Å². The van der Waals surface area contributed by atoms with Crippen LogP contribution in [0.25, 0.3) is 11.1 Å². The topological polar surface area (TPSA) is 105 Å². The second-order valence-electron chi connectivity index (χ2n) is 9.87. The summed E-state index contributed by atoms with van der Waals surface area (Å²) in [5.41, 5.74) is 4.14. The Balaban J connectivity index is 0.00000420. The lowest BCUT2D eigenvalue weighted by Gasteiger charge is -2.24. The van der Waals surface area contributed by atoms with Crippen LogP contribution in [0.1, 0.15) is 59.7 Å². The van der Waals surface area contributed by atoms with Crippen molar-refractivity contribution in [3.63, 3.8) is 0 Å². The minimum atomic E-state index is -3.69. The standard InChI is InChI=1S/C30H36N2O5S.ClH/c1-38(35,36)32-30(34)27-17-16-25(20-29(27)37-26-10-6-3-7-11-26)23-14-12-22(13-15-23)18-19-31-21-28(33)24-8-4-2-5-9-24;/h2,4-5,8-9,12-17,20,26,28,31,33H,3,6-7,10-11,18-19,21H2,1H3,(H,32,34);1H/t28-;/m0./s1. The SMILES string of the molecule is CS(=O)(=O)NC(=O)c1ccc(-c2ccc(CCNC[C@H](O)c3ccccc3)cc2)cc1OC1CCCCC1.Cl. The molecule has 3 aromatic carbocycles. The van der Waals surface area contributed by atoms with Gasteiger partial charge in [0.1, 0.15) is 5.75 Å². The molecule has 1 amide bonds. The molecule has 1 aliphatic carbocycles. The van der Waals surface area contributed by atoms with Crippen LogP contribution < -0.4 is 14.8 Å². The molecule has 1 aliphatic rings. The molecule has 0 aromatic heterocycles. The van der Waals surface area contributed by atoms with Crippen LogP contribution >= 0.6 is 12.4 Å². The Morgan fingerprint density at radius 1 is 0.974 bits per heavy atom. The number of ether oxygens (including phenoxy) is 1. The van der Waals surface area contributed by atoms with Crippen LogP contribution in [0.15, 0.2) is 72.8 Å². The number of hydrogen-bond acceptors (Lipinski definition) is 6. The number of carbonyl (C=O) groups excluding carboxylic acids is 1. The highest BCUT2D eigenvalue weighted by molar-refractivity contribution is 7.89. The zero-order valence-corrected chi connectivity index (χ0v) is 23.8. The van der Waals surface area contributed by atoms with Gasteiger partial charge in [-0.2, -0.15) is 0 Å². The van der Waals surface area contributed by atoms with Crippen LogP contribution in [0.2, 0.25) is 0 Å². The second-order valence-corrected chi connectivity index (χ2v) is 11.6. The minimum Gasteiger partial charge on any atom is -0.490 e. The summed E-state index contributed by atoms with van der Waals surface area (Å²) in [4.78, 5) is 12.7. The van der Waals surface area contributed by atoms with Crippen LogP contribution in [0.3, 0.4) is 0 Å². The van der Waals surface area contributed by atoms with Gasteiger partial charge in [-0.1, -0.05) is 67.1 Å². The van der Waals surface area contributed by atoms with Gasteiger partial charge in [-0.3, -0.25) is 4.79 Å². The molecule has 0 bridgehead atoms. The van der Waals surface area contributed by atoms with E-state index in [1.54, 1.807) is 6.07 Å². The number of amides is 1. The number of rotatable bonds is 11. The van der Waals surface area contributed by atoms with Crippen molar-refractivity contribution in [3.8, 4) is 16.9 Å². The van der Waals surface area contributed by atoms with Gasteiger partial charge in [-0.25, -0.2) is 13.1 Å². The summed E-state index contributed by atoms with van der Waals surface area (Å²) in [7, 11) is -3.69. The summed E-state index contributed by atoms with van der Waals surface area (Å²) in [5, 5.41) is 13.6. The van der Waals surface area contributed by atoms with E-state index in [2.05, 4.69) is 22.2 Å². The molecule has 3 N–H and O–H groups in total. The number of nitrogens with one attached hydrogen (secondary N) is 2. The number of benzene rings is 3. The minimum absolute atomic E-state index is 0. The third-order valence-corrected chi connectivity index (χ3v) is 7.31. The van der Waals surface area contributed by atoms with Crippen LogP contribution in [0.5, 0.6) is 5.75 Å². The molecule has 0 spiro atoms. The first-order valence-electron chi connectivity index (χ1n) is 13.1. The molecule has 1 saturated carbocycles. The Labute approximate surface area is 237 Å².